The van der Waals surface area contributed by atoms with Crippen LogP contribution in [0.5, 0.6) is 11.6 Å². The van der Waals surface area contributed by atoms with Crippen LogP contribution >= 0.6 is 0 Å². The number of carbonyl (C=O) groups excluding carboxylic acids is 1. The van der Waals surface area contributed by atoms with E-state index in [9.17, 15) is 20.0 Å². The van der Waals surface area contributed by atoms with Crippen molar-refractivity contribution in [3.05, 3.63) is 58.1 Å². The monoisotopic (exact) mass is 410 g/mol. The van der Waals surface area contributed by atoms with Gasteiger partial charge in [0.2, 0.25) is 5.88 Å². The highest BCUT2D eigenvalue weighted by Crippen LogP contribution is 2.39. The molecule has 1 aromatic heterocycles. The molecule has 0 aliphatic heterocycles. The van der Waals surface area contributed by atoms with Crippen molar-refractivity contribution in [2.45, 2.75) is 33.2 Å². The third kappa shape index (κ3) is 4.45. The maximum absolute atomic E-state index is 12.1. The van der Waals surface area contributed by atoms with Gasteiger partial charge in [-0.25, -0.2) is 0 Å². The lowest BCUT2D eigenvalue weighted by molar-refractivity contribution is -0.385. The molecule has 0 aliphatic carbocycles. The Hall–Kier alpha value is -3.75. The van der Waals surface area contributed by atoms with Gasteiger partial charge in [-0.15, -0.1) is 10.2 Å². The van der Waals surface area contributed by atoms with E-state index in [1.807, 2.05) is 18.2 Å². The lowest BCUT2D eigenvalue weighted by atomic mass is 10.2. The number of benzene rings is 2. The molecule has 0 unspecified atom stereocenters. The minimum Gasteiger partial charge on any atom is -0.493 e. The highest BCUT2D eigenvalue weighted by molar-refractivity contribution is 5.95. The van der Waals surface area contributed by atoms with E-state index in [0.717, 1.165) is 18.4 Å². The van der Waals surface area contributed by atoms with Crippen LogP contribution in [-0.2, 0) is 11.3 Å². The van der Waals surface area contributed by atoms with Crippen LogP contribution in [0.3, 0.4) is 0 Å². The minimum atomic E-state index is -0.727. The van der Waals surface area contributed by atoms with Crippen molar-refractivity contribution >= 4 is 28.2 Å². The maximum Gasteiger partial charge on any atom is 0.311 e. The van der Waals surface area contributed by atoms with Crippen LogP contribution in [0, 0.1) is 17.0 Å². The Balaban J connectivity index is 1.78. The van der Waals surface area contributed by atoms with E-state index in [-0.39, 0.29) is 23.0 Å². The molecular formula is C21H22N4O5. The molecule has 0 saturated carbocycles. The molecule has 0 radical (unpaired) electrons. The molecule has 0 bridgehead atoms. The van der Waals surface area contributed by atoms with Crippen molar-refractivity contribution in [2.24, 2.45) is 10.2 Å². The van der Waals surface area contributed by atoms with Gasteiger partial charge >= 0.3 is 11.6 Å². The fourth-order valence-corrected chi connectivity index (χ4v) is 3.08. The van der Waals surface area contributed by atoms with Crippen molar-refractivity contribution in [3.8, 4) is 11.6 Å². The molecule has 156 valence electrons. The number of ether oxygens (including phenoxy) is 1. The molecule has 0 saturated heterocycles. The van der Waals surface area contributed by atoms with Crippen LogP contribution in [0.2, 0.25) is 0 Å². The average Bonchev–Trinajstić information content (AvgIpc) is 3.00. The zero-order valence-corrected chi connectivity index (χ0v) is 16.7. The first-order chi connectivity index (χ1) is 14.4. The SMILES string of the molecule is CCCCn1c(O)c(N=NC(=O)COc2ccc(C)cc2[N+](=O)[O-])c2ccccc21. The van der Waals surface area contributed by atoms with Gasteiger partial charge in [0.05, 0.1) is 10.4 Å². The van der Waals surface area contributed by atoms with Gasteiger partial charge in [-0.05, 0) is 31.0 Å². The Labute approximate surface area is 172 Å². The number of aryl methyl sites for hydroxylation is 2. The average molecular weight is 410 g/mol. The number of nitro groups is 1. The van der Waals surface area contributed by atoms with E-state index >= 15 is 0 Å². The Kier molecular flexibility index (Phi) is 6.41. The van der Waals surface area contributed by atoms with E-state index in [2.05, 4.69) is 17.2 Å². The van der Waals surface area contributed by atoms with E-state index in [1.165, 1.54) is 12.1 Å². The predicted molar refractivity (Wildman–Crippen MR) is 111 cm³/mol. The third-order valence-corrected chi connectivity index (χ3v) is 4.58. The number of carbonyl (C=O) groups is 1. The number of rotatable bonds is 8. The number of unbranched alkanes of at least 4 members (excludes halogenated alkanes) is 1. The van der Waals surface area contributed by atoms with Crippen LogP contribution in [0.15, 0.2) is 52.7 Å². The third-order valence-electron chi connectivity index (χ3n) is 4.58. The summed E-state index contributed by atoms with van der Waals surface area (Å²) in [4.78, 5) is 22.7. The van der Waals surface area contributed by atoms with Gasteiger partial charge in [0, 0.05) is 18.0 Å². The second-order valence-electron chi connectivity index (χ2n) is 6.81. The number of azo groups is 1. The quantitative estimate of drug-likeness (QED) is 0.316. The summed E-state index contributed by atoms with van der Waals surface area (Å²) in [6.45, 7) is 3.88. The number of aromatic nitrogens is 1. The molecule has 9 nitrogen and oxygen atoms in total. The molecule has 0 aliphatic rings. The predicted octanol–water partition coefficient (Wildman–Crippen LogP) is 5.05. The van der Waals surface area contributed by atoms with Crippen molar-refractivity contribution in [3.63, 3.8) is 0 Å². The van der Waals surface area contributed by atoms with Crippen LogP contribution in [-0.4, -0.2) is 27.1 Å². The van der Waals surface area contributed by atoms with Crippen molar-refractivity contribution in [2.75, 3.05) is 6.61 Å². The summed E-state index contributed by atoms with van der Waals surface area (Å²) in [5, 5.41) is 30.0. The lowest BCUT2D eigenvalue weighted by Crippen LogP contribution is -2.09. The number of nitrogens with zero attached hydrogens (tertiary/aromatic N) is 4. The molecule has 2 aromatic carbocycles. The molecule has 3 aromatic rings. The number of amides is 1. The summed E-state index contributed by atoms with van der Waals surface area (Å²) >= 11 is 0. The molecular weight excluding hydrogens is 388 g/mol. The number of hydrogen-bond acceptors (Lipinski definition) is 6. The summed E-state index contributed by atoms with van der Waals surface area (Å²) in [7, 11) is 0. The van der Waals surface area contributed by atoms with Crippen molar-refractivity contribution in [1.29, 1.82) is 0 Å². The van der Waals surface area contributed by atoms with E-state index in [0.29, 0.717) is 17.5 Å². The first-order valence-corrected chi connectivity index (χ1v) is 9.55. The molecule has 0 spiro atoms. The van der Waals surface area contributed by atoms with Gasteiger partial charge in [-0.1, -0.05) is 37.6 Å². The van der Waals surface area contributed by atoms with Gasteiger partial charge in [0.25, 0.3) is 0 Å². The van der Waals surface area contributed by atoms with Crippen LogP contribution in [0.4, 0.5) is 11.4 Å². The van der Waals surface area contributed by atoms with Gasteiger partial charge < -0.3 is 14.4 Å². The second kappa shape index (κ2) is 9.17. The lowest BCUT2D eigenvalue weighted by Gasteiger charge is -2.05. The van der Waals surface area contributed by atoms with Gasteiger partial charge in [-0.2, -0.15) is 0 Å². The Bertz CT molecular complexity index is 1120. The summed E-state index contributed by atoms with van der Waals surface area (Å²) in [5.74, 6) is -0.806. The smallest absolute Gasteiger partial charge is 0.311 e. The summed E-state index contributed by atoms with van der Waals surface area (Å²) < 4.78 is 7.01. The van der Waals surface area contributed by atoms with Gasteiger partial charge in [-0.3, -0.25) is 14.9 Å². The highest BCUT2D eigenvalue weighted by Gasteiger charge is 2.18. The molecule has 1 heterocycles. The molecule has 9 heteroatoms. The fraction of sp³-hybridized carbons (Fsp3) is 0.286. The fourth-order valence-electron chi connectivity index (χ4n) is 3.08. The molecule has 1 amide bonds. The second-order valence-corrected chi connectivity index (χ2v) is 6.81. The number of aromatic hydroxyl groups is 1. The standard InChI is InChI=1S/C21H22N4O5/c1-3-4-11-24-16-8-6-5-7-15(16)20(21(24)27)23-22-19(26)13-30-18-10-9-14(2)12-17(18)25(28)29/h5-10,12,27H,3-4,11,13H2,1-2H3. The zero-order valence-electron chi connectivity index (χ0n) is 16.7. The molecule has 30 heavy (non-hydrogen) atoms. The normalized spacial score (nSPS) is 11.3. The Morgan fingerprint density at radius 1 is 1.27 bits per heavy atom. The van der Waals surface area contributed by atoms with Crippen LogP contribution in [0.25, 0.3) is 10.9 Å². The largest absolute Gasteiger partial charge is 0.493 e. The van der Waals surface area contributed by atoms with Crippen LogP contribution in [0.1, 0.15) is 25.3 Å². The Morgan fingerprint density at radius 2 is 2.03 bits per heavy atom. The zero-order chi connectivity index (χ0) is 21.7. The van der Waals surface area contributed by atoms with Crippen LogP contribution < -0.4 is 4.74 Å². The van der Waals surface area contributed by atoms with Gasteiger partial charge in [0.1, 0.15) is 0 Å². The van der Waals surface area contributed by atoms with E-state index in [1.54, 1.807) is 23.6 Å². The maximum atomic E-state index is 12.1. The number of fused-ring (bicyclic) bond motifs is 1. The molecule has 3 rings (SSSR count). The van der Waals surface area contributed by atoms with E-state index < -0.39 is 17.4 Å². The highest BCUT2D eigenvalue weighted by atomic mass is 16.6. The topological polar surface area (TPSA) is 119 Å². The minimum absolute atomic E-state index is 0.0202. The van der Waals surface area contributed by atoms with Crippen molar-refractivity contribution < 1.29 is 19.6 Å². The number of hydrogen-bond donors (Lipinski definition) is 1. The van der Waals surface area contributed by atoms with E-state index in [4.69, 9.17) is 4.74 Å². The first-order valence-electron chi connectivity index (χ1n) is 9.55. The molecule has 1 N–H and O–H groups in total. The van der Waals surface area contributed by atoms with Gasteiger partial charge in [0.15, 0.2) is 18.0 Å². The first kappa shape index (κ1) is 21.0. The number of nitro benzene ring substituents is 1. The summed E-state index contributed by atoms with van der Waals surface area (Å²) in [6, 6.07) is 11.8. The molecule has 0 fully saturated rings. The number of para-hydroxylation sites is 1. The Morgan fingerprint density at radius 3 is 2.77 bits per heavy atom. The van der Waals surface area contributed by atoms with Crippen molar-refractivity contribution in [1.82, 2.24) is 4.57 Å². The summed E-state index contributed by atoms with van der Waals surface area (Å²) in [6.07, 6.45) is 1.84. The summed E-state index contributed by atoms with van der Waals surface area (Å²) in [5.41, 5.74) is 1.49. The molecule has 0 atom stereocenters.